The van der Waals surface area contributed by atoms with E-state index in [1.807, 2.05) is 0 Å². The van der Waals surface area contributed by atoms with Crippen LogP contribution in [-0.4, -0.2) is 34.9 Å². The van der Waals surface area contributed by atoms with Crippen molar-refractivity contribution in [1.29, 1.82) is 0 Å². The van der Waals surface area contributed by atoms with Gasteiger partial charge in [-0.1, -0.05) is 18.2 Å². The number of halogens is 2. The first-order valence-electron chi connectivity index (χ1n) is 6.98. The molecular formula is C17H17F2NO3. The molecule has 2 rings (SSSR count). The Kier molecular flexibility index (Phi) is 5.08. The molecule has 6 heteroatoms. The number of aliphatic hydroxyl groups is 2. The standard InChI is InChI=1S/C17H17F2NO3/c1-17(9-21,10-22)20-16(23)14-7-4-12(8-15(14)19)11-2-5-13(18)6-3-11/h2-8,21-22H,9-10H2,1H3,(H,20,23). The summed E-state index contributed by atoms with van der Waals surface area (Å²) in [6.07, 6.45) is 0. The zero-order valence-electron chi connectivity index (χ0n) is 12.5. The van der Waals surface area contributed by atoms with Crippen molar-refractivity contribution < 1.29 is 23.8 Å². The Balaban J connectivity index is 2.25. The highest BCUT2D eigenvalue weighted by atomic mass is 19.1. The molecule has 4 nitrogen and oxygen atoms in total. The van der Waals surface area contributed by atoms with E-state index in [1.165, 1.54) is 43.3 Å². The lowest BCUT2D eigenvalue weighted by Crippen LogP contribution is -2.51. The Hall–Kier alpha value is -2.31. The number of hydrogen-bond donors (Lipinski definition) is 3. The second kappa shape index (κ2) is 6.85. The Labute approximate surface area is 132 Å². The molecule has 0 aliphatic heterocycles. The van der Waals surface area contributed by atoms with E-state index >= 15 is 0 Å². The van der Waals surface area contributed by atoms with Crippen LogP contribution in [0, 0.1) is 11.6 Å². The summed E-state index contributed by atoms with van der Waals surface area (Å²) in [5, 5.41) is 20.7. The van der Waals surface area contributed by atoms with Crippen molar-refractivity contribution in [2.24, 2.45) is 0 Å². The molecule has 0 saturated heterocycles. The highest BCUT2D eigenvalue weighted by molar-refractivity contribution is 5.95. The van der Waals surface area contributed by atoms with Crippen LogP contribution in [0.25, 0.3) is 11.1 Å². The summed E-state index contributed by atoms with van der Waals surface area (Å²) in [5.74, 6) is -1.88. The molecule has 0 radical (unpaired) electrons. The van der Waals surface area contributed by atoms with Gasteiger partial charge >= 0.3 is 0 Å². The fourth-order valence-corrected chi connectivity index (χ4v) is 1.99. The van der Waals surface area contributed by atoms with Gasteiger partial charge < -0.3 is 15.5 Å². The van der Waals surface area contributed by atoms with Crippen LogP contribution < -0.4 is 5.32 Å². The molecular weight excluding hydrogens is 304 g/mol. The monoisotopic (exact) mass is 321 g/mol. The van der Waals surface area contributed by atoms with Crippen LogP contribution in [0.1, 0.15) is 17.3 Å². The lowest BCUT2D eigenvalue weighted by Gasteiger charge is -2.26. The minimum absolute atomic E-state index is 0.205. The summed E-state index contributed by atoms with van der Waals surface area (Å²) < 4.78 is 27.1. The summed E-state index contributed by atoms with van der Waals surface area (Å²) in [5.41, 5.74) is -0.318. The Morgan fingerprint density at radius 2 is 1.61 bits per heavy atom. The van der Waals surface area contributed by atoms with Gasteiger partial charge in [-0.25, -0.2) is 8.78 Å². The van der Waals surface area contributed by atoms with Gasteiger partial charge in [-0.3, -0.25) is 4.79 Å². The number of carbonyl (C=O) groups excluding carboxylic acids is 1. The van der Waals surface area contributed by atoms with Gasteiger partial charge in [0.1, 0.15) is 11.6 Å². The lowest BCUT2D eigenvalue weighted by molar-refractivity contribution is 0.0720. The molecule has 3 N–H and O–H groups in total. The first-order valence-corrected chi connectivity index (χ1v) is 6.98. The van der Waals surface area contributed by atoms with Gasteiger partial charge in [0.05, 0.1) is 24.3 Å². The second-order valence-corrected chi connectivity index (χ2v) is 5.53. The molecule has 0 heterocycles. The molecule has 2 aromatic rings. The van der Waals surface area contributed by atoms with Gasteiger partial charge in [-0.05, 0) is 42.3 Å². The highest BCUT2D eigenvalue weighted by Crippen LogP contribution is 2.22. The van der Waals surface area contributed by atoms with Crippen molar-refractivity contribution in [1.82, 2.24) is 5.32 Å². The maximum atomic E-state index is 14.2. The van der Waals surface area contributed by atoms with Crippen molar-refractivity contribution in [3.63, 3.8) is 0 Å². The smallest absolute Gasteiger partial charge is 0.254 e. The molecule has 2 aromatic carbocycles. The number of benzene rings is 2. The van der Waals surface area contributed by atoms with Crippen molar-refractivity contribution in [3.8, 4) is 11.1 Å². The van der Waals surface area contributed by atoms with Crippen LogP contribution in [0.3, 0.4) is 0 Å². The Morgan fingerprint density at radius 3 is 2.13 bits per heavy atom. The molecule has 0 spiro atoms. The van der Waals surface area contributed by atoms with Crippen molar-refractivity contribution in [3.05, 3.63) is 59.7 Å². The number of aliphatic hydroxyl groups excluding tert-OH is 2. The summed E-state index contributed by atoms with van der Waals surface area (Å²) in [6, 6.07) is 9.58. The third-order valence-electron chi connectivity index (χ3n) is 3.50. The summed E-state index contributed by atoms with van der Waals surface area (Å²) in [6.45, 7) is 0.477. The van der Waals surface area contributed by atoms with Gasteiger partial charge in [0.2, 0.25) is 0 Å². The van der Waals surface area contributed by atoms with Crippen LogP contribution in [0.4, 0.5) is 8.78 Å². The molecule has 0 aromatic heterocycles. The van der Waals surface area contributed by atoms with E-state index in [0.717, 1.165) is 0 Å². The van der Waals surface area contributed by atoms with E-state index in [1.54, 1.807) is 6.07 Å². The zero-order valence-corrected chi connectivity index (χ0v) is 12.5. The minimum Gasteiger partial charge on any atom is -0.394 e. The van der Waals surface area contributed by atoms with Crippen molar-refractivity contribution >= 4 is 5.91 Å². The zero-order chi connectivity index (χ0) is 17.0. The van der Waals surface area contributed by atoms with E-state index in [-0.39, 0.29) is 5.56 Å². The largest absolute Gasteiger partial charge is 0.394 e. The van der Waals surface area contributed by atoms with Crippen LogP contribution in [-0.2, 0) is 0 Å². The van der Waals surface area contributed by atoms with Gasteiger partial charge in [-0.2, -0.15) is 0 Å². The van der Waals surface area contributed by atoms with Gasteiger partial charge in [0, 0.05) is 0 Å². The van der Waals surface area contributed by atoms with E-state index in [2.05, 4.69) is 5.32 Å². The third kappa shape index (κ3) is 3.91. The summed E-state index contributed by atoms with van der Waals surface area (Å²) >= 11 is 0. The second-order valence-electron chi connectivity index (χ2n) is 5.53. The predicted molar refractivity (Wildman–Crippen MR) is 81.8 cm³/mol. The molecule has 0 saturated carbocycles. The molecule has 122 valence electrons. The number of amides is 1. The normalized spacial score (nSPS) is 11.3. The topological polar surface area (TPSA) is 69.6 Å². The Bertz CT molecular complexity index is 697. The van der Waals surface area contributed by atoms with E-state index < -0.39 is 36.3 Å². The predicted octanol–water partition coefficient (Wildman–Crippen LogP) is 2.10. The fourth-order valence-electron chi connectivity index (χ4n) is 1.99. The van der Waals surface area contributed by atoms with Crippen molar-refractivity contribution in [2.75, 3.05) is 13.2 Å². The highest BCUT2D eigenvalue weighted by Gasteiger charge is 2.26. The van der Waals surface area contributed by atoms with Crippen LogP contribution in [0.5, 0.6) is 0 Å². The van der Waals surface area contributed by atoms with E-state index in [0.29, 0.717) is 11.1 Å². The van der Waals surface area contributed by atoms with Crippen LogP contribution >= 0.6 is 0 Å². The fraction of sp³-hybridized carbons (Fsp3) is 0.235. The SMILES string of the molecule is CC(CO)(CO)NC(=O)c1ccc(-c2ccc(F)cc2)cc1F. The average Bonchev–Trinajstić information content (AvgIpc) is 2.55. The van der Waals surface area contributed by atoms with Gasteiger partial charge in [-0.15, -0.1) is 0 Å². The number of hydrogen-bond acceptors (Lipinski definition) is 3. The number of nitrogens with one attached hydrogen (secondary N) is 1. The maximum Gasteiger partial charge on any atom is 0.254 e. The van der Waals surface area contributed by atoms with Crippen LogP contribution in [0.2, 0.25) is 0 Å². The molecule has 0 bridgehead atoms. The summed E-state index contributed by atoms with van der Waals surface area (Å²) in [7, 11) is 0. The van der Waals surface area contributed by atoms with E-state index in [4.69, 9.17) is 10.2 Å². The first-order chi connectivity index (χ1) is 10.9. The minimum atomic E-state index is -1.24. The quantitative estimate of drug-likeness (QED) is 0.790. The van der Waals surface area contributed by atoms with E-state index in [9.17, 15) is 13.6 Å². The molecule has 0 aliphatic rings. The van der Waals surface area contributed by atoms with Crippen LogP contribution in [0.15, 0.2) is 42.5 Å². The average molecular weight is 321 g/mol. The molecule has 1 amide bonds. The third-order valence-corrected chi connectivity index (χ3v) is 3.50. The number of carbonyl (C=O) groups is 1. The molecule has 0 aliphatic carbocycles. The van der Waals surface area contributed by atoms with Crippen molar-refractivity contribution in [2.45, 2.75) is 12.5 Å². The molecule has 0 atom stereocenters. The van der Waals surface area contributed by atoms with Gasteiger partial charge in [0.25, 0.3) is 5.91 Å². The van der Waals surface area contributed by atoms with Gasteiger partial charge in [0.15, 0.2) is 0 Å². The maximum absolute atomic E-state index is 14.2. The molecule has 0 fully saturated rings. The Morgan fingerprint density at radius 1 is 1.04 bits per heavy atom. The lowest BCUT2D eigenvalue weighted by atomic mass is 10.0. The summed E-state index contributed by atoms with van der Waals surface area (Å²) in [4.78, 5) is 12.1. The molecule has 0 unspecified atom stereocenters. The number of rotatable bonds is 5. The molecule has 23 heavy (non-hydrogen) atoms. The first kappa shape index (κ1) is 17.1.